The zero-order valence-corrected chi connectivity index (χ0v) is 8.84. The maximum atomic E-state index is 7.05. The van der Waals surface area contributed by atoms with Gasteiger partial charge in [0, 0.05) is 11.2 Å². The number of fused-ring (bicyclic) bond motifs is 1. The SMILES string of the molecule is N=C(N)S/C=C/c1cc2ccccc2[nH]1. The summed E-state index contributed by atoms with van der Waals surface area (Å²) in [5.41, 5.74) is 7.35. The molecule has 0 aliphatic heterocycles. The molecule has 4 N–H and O–H groups in total. The number of aromatic nitrogens is 1. The molecule has 76 valence electrons. The van der Waals surface area contributed by atoms with Gasteiger partial charge < -0.3 is 10.7 Å². The van der Waals surface area contributed by atoms with Crippen LogP contribution in [0.2, 0.25) is 0 Å². The van der Waals surface area contributed by atoms with Crippen molar-refractivity contribution in [2.45, 2.75) is 0 Å². The molecule has 0 radical (unpaired) electrons. The van der Waals surface area contributed by atoms with Crippen molar-refractivity contribution in [3.63, 3.8) is 0 Å². The molecule has 0 aliphatic rings. The molecule has 2 rings (SSSR count). The van der Waals surface area contributed by atoms with E-state index >= 15 is 0 Å². The lowest BCUT2D eigenvalue weighted by atomic mass is 10.2. The van der Waals surface area contributed by atoms with Crippen molar-refractivity contribution in [3.05, 3.63) is 41.4 Å². The number of rotatable bonds is 2. The third-order valence-electron chi connectivity index (χ3n) is 1.99. The summed E-state index contributed by atoms with van der Waals surface area (Å²) >= 11 is 1.20. The number of aromatic amines is 1. The highest BCUT2D eigenvalue weighted by Crippen LogP contribution is 2.16. The van der Waals surface area contributed by atoms with Crippen LogP contribution in [-0.4, -0.2) is 10.2 Å². The van der Waals surface area contributed by atoms with Gasteiger partial charge in [-0.1, -0.05) is 30.0 Å². The second kappa shape index (κ2) is 4.23. The lowest BCUT2D eigenvalue weighted by molar-refractivity contribution is 1.43. The maximum absolute atomic E-state index is 7.05. The second-order valence-electron chi connectivity index (χ2n) is 3.10. The zero-order chi connectivity index (χ0) is 10.7. The van der Waals surface area contributed by atoms with Gasteiger partial charge in [0.1, 0.15) is 0 Å². The Balaban J connectivity index is 2.22. The molecule has 0 saturated carbocycles. The lowest BCUT2D eigenvalue weighted by Gasteiger charge is -1.87. The first kappa shape index (κ1) is 9.86. The van der Waals surface area contributed by atoms with Crippen LogP contribution in [0.25, 0.3) is 17.0 Å². The molecule has 1 aromatic carbocycles. The van der Waals surface area contributed by atoms with Crippen molar-refractivity contribution >= 4 is 33.9 Å². The Morgan fingerprint density at radius 1 is 1.40 bits per heavy atom. The third kappa shape index (κ3) is 2.41. The Bertz CT molecular complexity index is 480. The predicted molar refractivity (Wildman–Crippen MR) is 66.8 cm³/mol. The van der Waals surface area contributed by atoms with Crippen LogP contribution in [0.3, 0.4) is 0 Å². The van der Waals surface area contributed by atoms with Crippen LogP contribution in [0, 0.1) is 5.41 Å². The standard InChI is InChI=1S/C11H11N3S/c12-11(13)15-6-5-9-7-8-3-1-2-4-10(8)14-9/h1-7,14H,(H3,12,13)/b6-5+. The number of amidine groups is 1. The molecule has 0 aliphatic carbocycles. The Morgan fingerprint density at radius 2 is 2.20 bits per heavy atom. The highest BCUT2D eigenvalue weighted by molar-refractivity contribution is 8.16. The van der Waals surface area contributed by atoms with E-state index in [9.17, 15) is 0 Å². The van der Waals surface area contributed by atoms with Crippen LogP contribution in [0.4, 0.5) is 0 Å². The number of nitrogens with one attached hydrogen (secondary N) is 2. The molecule has 3 nitrogen and oxygen atoms in total. The van der Waals surface area contributed by atoms with Crippen LogP contribution in [-0.2, 0) is 0 Å². The summed E-state index contributed by atoms with van der Waals surface area (Å²) < 4.78 is 0. The fraction of sp³-hybridized carbons (Fsp3) is 0. The molecule has 0 amide bonds. The van der Waals surface area contributed by atoms with E-state index in [4.69, 9.17) is 11.1 Å². The number of benzene rings is 1. The minimum Gasteiger partial charge on any atom is -0.378 e. The van der Waals surface area contributed by atoms with Crippen LogP contribution in [0.5, 0.6) is 0 Å². The number of nitrogens with two attached hydrogens (primary N) is 1. The van der Waals surface area contributed by atoms with Gasteiger partial charge in [-0.05, 0) is 29.0 Å². The average Bonchev–Trinajstić information content (AvgIpc) is 2.59. The van der Waals surface area contributed by atoms with Gasteiger partial charge in [-0.3, -0.25) is 5.41 Å². The lowest BCUT2D eigenvalue weighted by Crippen LogP contribution is -2.00. The third-order valence-corrected chi connectivity index (χ3v) is 2.52. The molecule has 15 heavy (non-hydrogen) atoms. The average molecular weight is 217 g/mol. The zero-order valence-electron chi connectivity index (χ0n) is 8.03. The monoisotopic (exact) mass is 217 g/mol. The molecule has 0 fully saturated rings. The number of hydrogen-bond donors (Lipinski definition) is 3. The van der Waals surface area contributed by atoms with Gasteiger partial charge >= 0.3 is 0 Å². The van der Waals surface area contributed by atoms with E-state index in [-0.39, 0.29) is 5.17 Å². The molecule has 2 aromatic rings. The molecular weight excluding hydrogens is 206 g/mol. The highest BCUT2D eigenvalue weighted by Gasteiger charge is 1.95. The summed E-state index contributed by atoms with van der Waals surface area (Å²) in [4.78, 5) is 3.26. The van der Waals surface area contributed by atoms with Gasteiger partial charge in [-0.2, -0.15) is 0 Å². The van der Waals surface area contributed by atoms with Crippen molar-refractivity contribution in [2.75, 3.05) is 0 Å². The summed E-state index contributed by atoms with van der Waals surface area (Å²) in [6.45, 7) is 0. The minimum atomic E-state index is 0.0994. The number of para-hydroxylation sites is 1. The molecule has 1 aromatic heterocycles. The number of thioether (sulfide) groups is 1. The van der Waals surface area contributed by atoms with E-state index in [2.05, 4.69) is 17.1 Å². The fourth-order valence-electron chi connectivity index (χ4n) is 1.37. The Labute approximate surface area is 91.9 Å². The van der Waals surface area contributed by atoms with Gasteiger partial charge in [-0.25, -0.2) is 0 Å². The molecular formula is C11H11N3S. The first-order chi connectivity index (χ1) is 7.25. The van der Waals surface area contributed by atoms with Crippen LogP contribution in [0.15, 0.2) is 35.7 Å². The van der Waals surface area contributed by atoms with Crippen LogP contribution in [0.1, 0.15) is 5.69 Å². The molecule has 0 spiro atoms. The summed E-state index contributed by atoms with van der Waals surface area (Å²) in [5, 5.41) is 10.1. The largest absolute Gasteiger partial charge is 0.378 e. The van der Waals surface area contributed by atoms with Crippen molar-refractivity contribution in [2.24, 2.45) is 5.73 Å². The van der Waals surface area contributed by atoms with Gasteiger partial charge in [-0.15, -0.1) is 0 Å². The molecule has 0 bridgehead atoms. The summed E-state index contributed by atoms with van der Waals surface area (Å²) in [7, 11) is 0. The summed E-state index contributed by atoms with van der Waals surface area (Å²) in [6, 6.07) is 10.2. The Morgan fingerprint density at radius 3 is 2.93 bits per heavy atom. The highest BCUT2D eigenvalue weighted by atomic mass is 32.2. The van der Waals surface area contributed by atoms with Crippen molar-refractivity contribution in [3.8, 4) is 0 Å². The molecule has 0 atom stereocenters. The molecule has 4 heteroatoms. The van der Waals surface area contributed by atoms with Gasteiger partial charge in [0.2, 0.25) is 0 Å². The summed E-state index contributed by atoms with van der Waals surface area (Å²) in [5.74, 6) is 0. The first-order valence-corrected chi connectivity index (χ1v) is 5.38. The van der Waals surface area contributed by atoms with E-state index < -0.39 is 0 Å². The van der Waals surface area contributed by atoms with Gasteiger partial charge in [0.15, 0.2) is 5.17 Å². The van der Waals surface area contributed by atoms with E-state index in [0.29, 0.717) is 0 Å². The molecule has 0 saturated heterocycles. The Kier molecular flexibility index (Phi) is 2.78. The normalized spacial score (nSPS) is 11.2. The second-order valence-corrected chi connectivity index (χ2v) is 4.04. The van der Waals surface area contributed by atoms with Crippen LogP contribution < -0.4 is 5.73 Å². The van der Waals surface area contributed by atoms with Crippen molar-refractivity contribution in [1.82, 2.24) is 4.98 Å². The fourth-order valence-corrected chi connectivity index (χ4v) is 1.73. The van der Waals surface area contributed by atoms with E-state index in [1.54, 1.807) is 5.41 Å². The van der Waals surface area contributed by atoms with Gasteiger partial charge in [0.05, 0.1) is 0 Å². The number of H-pyrrole nitrogens is 1. The van der Waals surface area contributed by atoms with Crippen molar-refractivity contribution in [1.29, 1.82) is 5.41 Å². The van der Waals surface area contributed by atoms with Crippen LogP contribution >= 0.6 is 11.8 Å². The quantitative estimate of drug-likeness (QED) is 0.535. The molecule has 1 heterocycles. The van der Waals surface area contributed by atoms with Gasteiger partial charge in [0.25, 0.3) is 0 Å². The van der Waals surface area contributed by atoms with Crippen molar-refractivity contribution < 1.29 is 0 Å². The predicted octanol–water partition coefficient (Wildman–Crippen LogP) is 2.77. The van der Waals surface area contributed by atoms with E-state index in [1.807, 2.05) is 24.3 Å². The smallest absolute Gasteiger partial charge is 0.155 e. The minimum absolute atomic E-state index is 0.0994. The Hall–Kier alpha value is -1.68. The van der Waals surface area contributed by atoms with E-state index in [0.717, 1.165) is 11.2 Å². The maximum Gasteiger partial charge on any atom is 0.155 e. The number of hydrogen-bond acceptors (Lipinski definition) is 2. The van der Waals surface area contributed by atoms with E-state index in [1.165, 1.54) is 17.1 Å². The molecule has 0 unspecified atom stereocenters. The first-order valence-electron chi connectivity index (χ1n) is 4.51. The topological polar surface area (TPSA) is 65.7 Å². The summed E-state index contributed by atoms with van der Waals surface area (Å²) in [6.07, 6.45) is 1.91.